The smallest absolute Gasteiger partial charge is 0.239 e. The second kappa shape index (κ2) is 4.99. The first-order chi connectivity index (χ1) is 6.65. The fourth-order valence-electron chi connectivity index (χ4n) is 1.81. The molecule has 1 aliphatic rings. The van der Waals surface area contributed by atoms with E-state index in [9.17, 15) is 4.79 Å². The van der Waals surface area contributed by atoms with Gasteiger partial charge in [-0.3, -0.25) is 4.79 Å². The van der Waals surface area contributed by atoms with Crippen LogP contribution in [0.5, 0.6) is 0 Å². The Balaban J connectivity index is 2.52. The normalized spacial score (nSPS) is 24.9. The highest BCUT2D eigenvalue weighted by molar-refractivity contribution is 5.80. The third-order valence-corrected chi connectivity index (χ3v) is 2.89. The fourth-order valence-corrected chi connectivity index (χ4v) is 1.81. The average Bonchev–Trinajstić information content (AvgIpc) is 2.40. The number of nitrogens with zero attached hydrogens (tertiary/aromatic N) is 2. The highest BCUT2D eigenvalue weighted by Gasteiger charge is 2.22. The largest absolute Gasteiger partial charge is 0.342 e. The van der Waals surface area contributed by atoms with Crippen LogP contribution in [0.25, 0.3) is 0 Å². The summed E-state index contributed by atoms with van der Waals surface area (Å²) < 4.78 is 0. The summed E-state index contributed by atoms with van der Waals surface area (Å²) in [5.74, 6) is 0.232. The van der Waals surface area contributed by atoms with Crippen molar-refractivity contribution in [3.8, 4) is 6.07 Å². The molecule has 0 aromatic rings. The molecule has 0 radical (unpaired) electrons. The predicted octanol–water partition coefficient (Wildman–Crippen LogP) is 1.79. The van der Waals surface area contributed by atoms with Crippen molar-refractivity contribution >= 4 is 5.91 Å². The van der Waals surface area contributed by atoms with Gasteiger partial charge in [0.05, 0.1) is 6.07 Å². The van der Waals surface area contributed by atoms with E-state index in [2.05, 4.69) is 6.92 Å². The number of rotatable bonds is 1. The second-order valence-electron chi connectivity index (χ2n) is 4.21. The van der Waals surface area contributed by atoms with Crippen LogP contribution in [0.1, 0.15) is 33.1 Å². The van der Waals surface area contributed by atoms with Gasteiger partial charge in [0.25, 0.3) is 0 Å². The number of hydrogen-bond acceptors (Lipinski definition) is 2. The molecule has 1 aliphatic heterocycles. The van der Waals surface area contributed by atoms with Crippen LogP contribution < -0.4 is 0 Å². The van der Waals surface area contributed by atoms with Gasteiger partial charge in [-0.25, -0.2) is 0 Å². The lowest BCUT2D eigenvalue weighted by Gasteiger charge is -2.21. The minimum absolute atomic E-state index is 0.00148. The van der Waals surface area contributed by atoms with Crippen LogP contribution in [-0.4, -0.2) is 23.9 Å². The van der Waals surface area contributed by atoms with Gasteiger partial charge in [0.15, 0.2) is 0 Å². The van der Waals surface area contributed by atoms with Crippen molar-refractivity contribution in [1.29, 1.82) is 5.26 Å². The molecule has 0 N–H and O–H groups in total. The summed E-state index contributed by atoms with van der Waals surface area (Å²) >= 11 is 0. The third-order valence-electron chi connectivity index (χ3n) is 2.89. The molecule has 0 bridgehead atoms. The molecule has 2 atom stereocenters. The highest BCUT2D eigenvalue weighted by Crippen LogP contribution is 2.17. The van der Waals surface area contributed by atoms with Crippen LogP contribution in [0.15, 0.2) is 0 Å². The Morgan fingerprint density at radius 1 is 1.50 bits per heavy atom. The van der Waals surface area contributed by atoms with E-state index in [-0.39, 0.29) is 5.91 Å². The summed E-state index contributed by atoms with van der Waals surface area (Å²) in [5.41, 5.74) is 0. The number of hydrogen-bond donors (Lipinski definition) is 0. The number of amides is 1. The SMILES string of the molecule is CC1CCCN(C(=O)C(C)C#N)CC1. The van der Waals surface area contributed by atoms with Gasteiger partial charge in [-0.2, -0.15) is 5.26 Å². The second-order valence-corrected chi connectivity index (χ2v) is 4.21. The van der Waals surface area contributed by atoms with Gasteiger partial charge >= 0.3 is 0 Å². The summed E-state index contributed by atoms with van der Waals surface area (Å²) in [5, 5.41) is 8.66. The molecule has 0 saturated carbocycles. The van der Waals surface area contributed by atoms with Crippen LogP contribution in [0.2, 0.25) is 0 Å². The first-order valence-electron chi connectivity index (χ1n) is 5.33. The zero-order valence-corrected chi connectivity index (χ0v) is 8.99. The van der Waals surface area contributed by atoms with Crippen molar-refractivity contribution in [1.82, 2.24) is 4.90 Å². The van der Waals surface area contributed by atoms with Gasteiger partial charge in [-0.1, -0.05) is 6.92 Å². The number of carbonyl (C=O) groups excluding carboxylic acids is 1. The summed E-state index contributed by atoms with van der Waals surface area (Å²) in [6, 6.07) is 2.00. The Bertz CT molecular complexity index is 244. The molecular weight excluding hydrogens is 176 g/mol. The zero-order valence-electron chi connectivity index (χ0n) is 8.99. The first-order valence-corrected chi connectivity index (χ1v) is 5.33. The van der Waals surface area contributed by atoms with Crippen molar-refractivity contribution in [2.45, 2.75) is 33.1 Å². The summed E-state index contributed by atoms with van der Waals surface area (Å²) in [6.07, 6.45) is 3.35. The summed E-state index contributed by atoms with van der Waals surface area (Å²) in [4.78, 5) is 13.5. The molecule has 0 aromatic heterocycles. The van der Waals surface area contributed by atoms with Crippen molar-refractivity contribution in [3.63, 3.8) is 0 Å². The zero-order chi connectivity index (χ0) is 10.6. The molecule has 1 amide bonds. The molecule has 2 unspecified atom stereocenters. The average molecular weight is 194 g/mol. The maximum absolute atomic E-state index is 11.7. The van der Waals surface area contributed by atoms with Crippen LogP contribution in [0.3, 0.4) is 0 Å². The lowest BCUT2D eigenvalue weighted by atomic mass is 10.0. The Hall–Kier alpha value is -1.04. The topological polar surface area (TPSA) is 44.1 Å². The first kappa shape index (κ1) is 11.0. The van der Waals surface area contributed by atoms with Gasteiger partial charge < -0.3 is 4.90 Å². The van der Waals surface area contributed by atoms with E-state index in [1.165, 1.54) is 6.42 Å². The monoisotopic (exact) mass is 194 g/mol. The lowest BCUT2D eigenvalue weighted by molar-refractivity contribution is -0.133. The fraction of sp³-hybridized carbons (Fsp3) is 0.818. The molecular formula is C11H18N2O. The van der Waals surface area contributed by atoms with Gasteiger partial charge in [0.2, 0.25) is 5.91 Å². The standard InChI is InChI=1S/C11H18N2O/c1-9-4-3-6-13(7-5-9)11(14)10(2)8-12/h9-10H,3-7H2,1-2H3. The van der Waals surface area contributed by atoms with Crippen LogP contribution in [0, 0.1) is 23.2 Å². The van der Waals surface area contributed by atoms with E-state index >= 15 is 0 Å². The van der Waals surface area contributed by atoms with E-state index in [1.54, 1.807) is 6.92 Å². The van der Waals surface area contributed by atoms with Crippen LogP contribution in [-0.2, 0) is 4.79 Å². The Kier molecular flexibility index (Phi) is 3.94. The summed E-state index contributed by atoms with van der Waals surface area (Å²) in [6.45, 7) is 5.56. The van der Waals surface area contributed by atoms with E-state index in [0.717, 1.165) is 25.9 Å². The molecule has 0 aliphatic carbocycles. The molecule has 0 aromatic carbocycles. The molecule has 1 rings (SSSR count). The minimum atomic E-state index is -0.483. The maximum atomic E-state index is 11.7. The molecule has 1 saturated heterocycles. The Labute approximate surface area is 85.7 Å². The highest BCUT2D eigenvalue weighted by atomic mass is 16.2. The van der Waals surface area contributed by atoms with Crippen molar-refractivity contribution in [2.75, 3.05) is 13.1 Å². The Morgan fingerprint density at radius 2 is 2.21 bits per heavy atom. The minimum Gasteiger partial charge on any atom is -0.342 e. The van der Waals surface area contributed by atoms with Gasteiger partial charge in [-0.05, 0) is 32.1 Å². The lowest BCUT2D eigenvalue weighted by Crippen LogP contribution is -2.35. The van der Waals surface area contributed by atoms with Crippen molar-refractivity contribution < 1.29 is 4.79 Å². The quantitative estimate of drug-likeness (QED) is 0.638. The Morgan fingerprint density at radius 3 is 2.86 bits per heavy atom. The predicted molar refractivity (Wildman–Crippen MR) is 54.4 cm³/mol. The third kappa shape index (κ3) is 2.73. The van der Waals surface area contributed by atoms with Crippen molar-refractivity contribution in [3.05, 3.63) is 0 Å². The molecule has 0 spiro atoms. The number of likely N-dealkylation sites (tertiary alicyclic amines) is 1. The molecule has 1 fully saturated rings. The molecule has 3 nitrogen and oxygen atoms in total. The van der Waals surface area contributed by atoms with E-state index in [0.29, 0.717) is 5.92 Å². The van der Waals surface area contributed by atoms with Crippen molar-refractivity contribution in [2.24, 2.45) is 11.8 Å². The number of nitriles is 1. The summed E-state index contributed by atoms with van der Waals surface area (Å²) in [7, 11) is 0. The van der Waals surface area contributed by atoms with Gasteiger partial charge in [0.1, 0.15) is 5.92 Å². The molecule has 1 heterocycles. The molecule has 14 heavy (non-hydrogen) atoms. The van der Waals surface area contributed by atoms with E-state index in [1.807, 2.05) is 11.0 Å². The number of carbonyl (C=O) groups is 1. The molecule has 78 valence electrons. The van der Waals surface area contributed by atoms with Gasteiger partial charge in [-0.15, -0.1) is 0 Å². The van der Waals surface area contributed by atoms with Gasteiger partial charge in [0, 0.05) is 13.1 Å². The molecule has 3 heteroatoms. The maximum Gasteiger partial charge on any atom is 0.239 e. The van der Waals surface area contributed by atoms with E-state index in [4.69, 9.17) is 5.26 Å². The van der Waals surface area contributed by atoms with Crippen LogP contribution >= 0.6 is 0 Å². The van der Waals surface area contributed by atoms with E-state index < -0.39 is 5.92 Å². The van der Waals surface area contributed by atoms with Crippen LogP contribution in [0.4, 0.5) is 0 Å².